The molecule has 2 unspecified atom stereocenters. The maximum Gasteiger partial charge on any atom is 0.306 e. The lowest BCUT2D eigenvalue weighted by Crippen LogP contribution is -2.37. The van der Waals surface area contributed by atoms with E-state index in [1.165, 1.54) is 244 Å². The molecule has 0 aliphatic carbocycles. The number of allylic oxidation sites excluding steroid dienone is 16. The number of ether oxygens (including phenoxy) is 2. The van der Waals surface area contributed by atoms with Crippen molar-refractivity contribution in [2.45, 2.75) is 367 Å². The minimum atomic E-state index is -4.65. The van der Waals surface area contributed by atoms with Crippen molar-refractivity contribution in [1.82, 2.24) is 0 Å². The highest BCUT2D eigenvalue weighted by molar-refractivity contribution is 7.45. The number of hydrogen-bond donors (Lipinski definition) is 0. The lowest BCUT2D eigenvalue weighted by atomic mass is 10.0. The Kier molecular flexibility index (Phi) is 69.8. The van der Waals surface area contributed by atoms with Gasteiger partial charge in [0.25, 0.3) is 7.82 Å². The molecule has 2 atom stereocenters. The first-order valence-corrected chi connectivity index (χ1v) is 40.4. The minimum Gasteiger partial charge on any atom is -0.756 e. The molecule has 0 radical (unpaired) electrons. The number of unbranched alkanes of at least 4 members (excludes halogenated alkanes) is 42. The van der Waals surface area contributed by atoms with Gasteiger partial charge in [0, 0.05) is 12.8 Å². The third kappa shape index (κ3) is 76.0. The Morgan fingerprint density at radius 1 is 0.348 bits per heavy atom. The molecule has 534 valence electrons. The molecule has 0 aromatic rings. The number of rotatable bonds is 72. The van der Waals surface area contributed by atoms with E-state index in [0.29, 0.717) is 17.4 Å². The van der Waals surface area contributed by atoms with E-state index in [1.807, 2.05) is 21.1 Å². The van der Waals surface area contributed by atoms with Crippen molar-refractivity contribution in [3.63, 3.8) is 0 Å². The second-order valence-electron chi connectivity index (χ2n) is 27.3. The standard InChI is InChI=1S/C82H148NO8P/c1-6-8-10-12-14-16-18-20-22-24-26-28-30-32-34-36-37-38-39-40-41-42-43-44-45-47-49-51-53-55-57-59-61-63-65-67-69-71-73-75-82(85)91-80(79-90-92(86,87)89-77-76-83(3,4)5)78-88-81(84)74-72-70-68-66-64-62-60-58-56-54-52-50-48-46-35-33-31-29-27-25-23-21-19-17-15-13-11-9-7-2/h8,10,14,16,19-22,25-28,31-34,80H,6-7,9,11-13,15,17-18,23-24,29-30,35-79H2,1-5H3/b10-8-,16-14-,21-19-,22-20-,27-25-,28-26-,33-31-,34-32-. The smallest absolute Gasteiger partial charge is 0.306 e. The van der Waals surface area contributed by atoms with E-state index in [0.717, 1.165) is 83.5 Å². The van der Waals surface area contributed by atoms with Gasteiger partial charge in [-0.1, -0.05) is 349 Å². The number of phosphoric ester groups is 1. The zero-order valence-corrected chi connectivity index (χ0v) is 61.9. The van der Waals surface area contributed by atoms with Gasteiger partial charge in [0.05, 0.1) is 27.7 Å². The van der Waals surface area contributed by atoms with Crippen LogP contribution in [0.5, 0.6) is 0 Å². The number of hydrogen-bond acceptors (Lipinski definition) is 8. The van der Waals surface area contributed by atoms with Gasteiger partial charge in [-0.15, -0.1) is 0 Å². The number of esters is 2. The molecule has 0 rings (SSSR count). The monoisotopic (exact) mass is 1310 g/mol. The molecule has 0 amide bonds. The first-order chi connectivity index (χ1) is 45.0. The van der Waals surface area contributed by atoms with Crippen molar-refractivity contribution < 1.29 is 42.1 Å². The summed E-state index contributed by atoms with van der Waals surface area (Å²) in [5.74, 6) is -0.819. The normalized spacial score (nSPS) is 13.6. The van der Waals surface area contributed by atoms with Gasteiger partial charge in [-0.25, -0.2) is 0 Å². The summed E-state index contributed by atoms with van der Waals surface area (Å²) in [6, 6.07) is 0. The second-order valence-corrected chi connectivity index (χ2v) is 28.8. The van der Waals surface area contributed by atoms with E-state index in [4.69, 9.17) is 18.5 Å². The van der Waals surface area contributed by atoms with Gasteiger partial charge in [0.2, 0.25) is 0 Å². The maximum atomic E-state index is 12.9. The molecule has 0 aliphatic rings. The number of carbonyl (C=O) groups excluding carboxylic acids is 2. The van der Waals surface area contributed by atoms with E-state index < -0.39 is 26.5 Å². The zero-order valence-electron chi connectivity index (χ0n) is 61.0. The molecule has 0 N–H and O–H groups in total. The first kappa shape index (κ1) is 88.9. The molecule has 0 saturated carbocycles. The summed E-state index contributed by atoms with van der Waals surface area (Å²) in [6.45, 7) is 4.16. The largest absolute Gasteiger partial charge is 0.756 e. The summed E-state index contributed by atoms with van der Waals surface area (Å²) in [4.78, 5) is 38.2. The molecule has 0 heterocycles. The zero-order chi connectivity index (χ0) is 66.9. The number of quaternary nitrogens is 1. The summed E-state index contributed by atoms with van der Waals surface area (Å²) in [5.41, 5.74) is 0. The molecule has 92 heavy (non-hydrogen) atoms. The summed E-state index contributed by atoms with van der Waals surface area (Å²) in [6.07, 6.45) is 101. The molecule has 0 bridgehead atoms. The van der Waals surface area contributed by atoms with Crippen LogP contribution in [0.1, 0.15) is 361 Å². The van der Waals surface area contributed by atoms with Crippen LogP contribution in [0, 0.1) is 0 Å². The van der Waals surface area contributed by atoms with Gasteiger partial charge < -0.3 is 27.9 Å². The fourth-order valence-corrected chi connectivity index (χ4v) is 11.9. The minimum absolute atomic E-state index is 0.0313. The highest BCUT2D eigenvalue weighted by Crippen LogP contribution is 2.38. The number of phosphoric acid groups is 1. The summed E-state index contributed by atoms with van der Waals surface area (Å²) in [5, 5.41) is 0. The van der Waals surface area contributed by atoms with Crippen molar-refractivity contribution >= 4 is 19.8 Å². The van der Waals surface area contributed by atoms with Crippen LogP contribution in [0.2, 0.25) is 0 Å². The van der Waals surface area contributed by atoms with Crippen molar-refractivity contribution in [2.24, 2.45) is 0 Å². The second kappa shape index (κ2) is 72.2. The summed E-state index contributed by atoms with van der Waals surface area (Å²) in [7, 11) is 1.18. The molecular formula is C82H148NO8P. The van der Waals surface area contributed by atoms with Crippen LogP contribution >= 0.6 is 7.82 Å². The lowest BCUT2D eigenvalue weighted by Gasteiger charge is -2.28. The number of carbonyl (C=O) groups is 2. The molecule has 0 saturated heterocycles. The van der Waals surface area contributed by atoms with Crippen LogP contribution < -0.4 is 4.89 Å². The van der Waals surface area contributed by atoms with Crippen LogP contribution in [-0.2, 0) is 32.7 Å². The van der Waals surface area contributed by atoms with E-state index in [-0.39, 0.29) is 32.0 Å². The molecule has 0 spiro atoms. The molecule has 0 aromatic carbocycles. The van der Waals surface area contributed by atoms with Crippen molar-refractivity contribution in [3.8, 4) is 0 Å². The van der Waals surface area contributed by atoms with Crippen LogP contribution in [-0.4, -0.2) is 70.0 Å². The molecular weight excluding hydrogens is 1160 g/mol. The average molecular weight is 1310 g/mol. The van der Waals surface area contributed by atoms with Crippen molar-refractivity contribution in [1.29, 1.82) is 0 Å². The SMILES string of the molecule is CC/C=C\C/C=C\C/C=C\C/C=C\C/C=C\CCCCCCCCCCCCCCCCCCCCCCCCCC(=O)OC(COC(=O)CCCCCCCCCCCCCCCC/C=C\C/C=C\C/C=C\CCCCCCC)COP(=O)([O-])OCC[N+](C)(C)C. The molecule has 0 aromatic heterocycles. The van der Waals surface area contributed by atoms with Gasteiger partial charge in [0.15, 0.2) is 6.10 Å². The predicted molar refractivity (Wildman–Crippen MR) is 397 cm³/mol. The van der Waals surface area contributed by atoms with Gasteiger partial charge in [-0.05, 0) is 96.3 Å². The van der Waals surface area contributed by atoms with Crippen molar-refractivity contribution in [2.75, 3.05) is 47.5 Å². The Labute approximate surface area is 570 Å². The highest BCUT2D eigenvalue weighted by Gasteiger charge is 2.22. The predicted octanol–water partition coefficient (Wildman–Crippen LogP) is 25.2. The van der Waals surface area contributed by atoms with E-state index in [2.05, 4.69) is 111 Å². The fraction of sp³-hybridized carbons (Fsp3) is 0.780. The molecule has 9 nitrogen and oxygen atoms in total. The summed E-state index contributed by atoms with van der Waals surface area (Å²) >= 11 is 0. The van der Waals surface area contributed by atoms with Crippen LogP contribution in [0.4, 0.5) is 0 Å². The van der Waals surface area contributed by atoms with Gasteiger partial charge in [-0.3, -0.25) is 14.2 Å². The van der Waals surface area contributed by atoms with E-state index in [1.54, 1.807) is 0 Å². The van der Waals surface area contributed by atoms with Gasteiger partial charge in [-0.2, -0.15) is 0 Å². The first-order valence-electron chi connectivity index (χ1n) is 38.9. The Hall–Kier alpha value is -3.07. The van der Waals surface area contributed by atoms with Crippen LogP contribution in [0.25, 0.3) is 0 Å². The maximum absolute atomic E-state index is 12.9. The van der Waals surface area contributed by atoms with Crippen LogP contribution in [0.3, 0.4) is 0 Å². The Morgan fingerprint density at radius 3 is 0.924 bits per heavy atom. The summed E-state index contributed by atoms with van der Waals surface area (Å²) < 4.78 is 34.4. The van der Waals surface area contributed by atoms with E-state index >= 15 is 0 Å². The third-order valence-electron chi connectivity index (χ3n) is 17.1. The van der Waals surface area contributed by atoms with Gasteiger partial charge >= 0.3 is 11.9 Å². The molecule has 0 fully saturated rings. The van der Waals surface area contributed by atoms with Gasteiger partial charge in [0.1, 0.15) is 19.8 Å². The molecule has 10 heteroatoms. The number of nitrogens with zero attached hydrogens (tertiary/aromatic N) is 1. The molecule has 0 aliphatic heterocycles. The average Bonchev–Trinajstić information content (AvgIpc) is 2.14. The van der Waals surface area contributed by atoms with Crippen molar-refractivity contribution in [3.05, 3.63) is 97.2 Å². The third-order valence-corrected chi connectivity index (χ3v) is 18.1. The van der Waals surface area contributed by atoms with E-state index in [9.17, 15) is 19.0 Å². The van der Waals surface area contributed by atoms with Crippen LogP contribution in [0.15, 0.2) is 97.2 Å². The Morgan fingerprint density at radius 2 is 0.620 bits per heavy atom. The number of likely N-dealkylation sites (N-methyl/N-ethyl adjacent to an activating group) is 1. The fourth-order valence-electron chi connectivity index (χ4n) is 11.2. The quantitative estimate of drug-likeness (QED) is 0.0195. The Bertz CT molecular complexity index is 1880. The lowest BCUT2D eigenvalue weighted by molar-refractivity contribution is -0.870. The Balaban J connectivity index is 3.95. The topological polar surface area (TPSA) is 111 Å². The highest BCUT2D eigenvalue weighted by atomic mass is 31.2.